The van der Waals surface area contributed by atoms with E-state index < -0.39 is 6.10 Å². The van der Waals surface area contributed by atoms with Crippen LogP contribution in [0.1, 0.15) is 12.0 Å². The number of anilines is 1. The second-order valence-corrected chi connectivity index (χ2v) is 6.33. The van der Waals surface area contributed by atoms with Gasteiger partial charge in [-0.15, -0.1) is 0 Å². The summed E-state index contributed by atoms with van der Waals surface area (Å²) in [5.41, 5.74) is 6.85. The number of nitrogens with two attached hydrogens (primary N) is 1. The Hall–Kier alpha value is -0.690. The van der Waals surface area contributed by atoms with Crippen molar-refractivity contribution in [1.29, 1.82) is 0 Å². The average molecular weight is 346 g/mol. The van der Waals surface area contributed by atoms with Crippen molar-refractivity contribution in [2.45, 2.75) is 25.1 Å². The topological polar surface area (TPSA) is 52.7 Å². The largest absolute Gasteiger partial charge is 0.391 e. The van der Waals surface area contributed by atoms with Crippen LogP contribution in [0, 0.1) is 5.82 Å². The maximum absolute atomic E-state index is 14.5. The summed E-state index contributed by atoms with van der Waals surface area (Å²) in [6, 6.07) is 3.70. The molecule has 6 heteroatoms. The number of hydrogen-bond acceptors (Lipinski definition) is 4. The molecule has 0 bridgehead atoms. The molecule has 1 heterocycles. The van der Waals surface area contributed by atoms with Crippen LogP contribution in [-0.4, -0.2) is 49.3 Å². The van der Waals surface area contributed by atoms with Crippen molar-refractivity contribution in [3.05, 3.63) is 28.0 Å². The smallest absolute Gasteiger partial charge is 0.160 e. The van der Waals surface area contributed by atoms with E-state index >= 15 is 0 Å². The van der Waals surface area contributed by atoms with Crippen molar-refractivity contribution in [1.82, 2.24) is 4.90 Å². The molecule has 1 aliphatic heterocycles. The van der Waals surface area contributed by atoms with E-state index in [-0.39, 0.29) is 11.9 Å². The summed E-state index contributed by atoms with van der Waals surface area (Å²) >= 11 is 3.27. The first-order chi connectivity index (χ1) is 9.43. The molecule has 0 amide bonds. The molecular formula is C14H21BrFN3O. The minimum atomic E-state index is -0.410. The number of benzene rings is 1. The van der Waals surface area contributed by atoms with Crippen LogP contribution in [0.3, 0.4) is 0 Å². The van der Waals surface area contributed by atoms with Crippen molar-refractivity contribution in [2.75, 3.05) is 32.1 Å². The number of aliphatic hydroxyl groups is 1. The summed E-state index contributed by atoms with van der Waals surface area (Å²) in [4.78, 5) is 4.00. The van der Waals surface area contributed by atoms with Crippen LogP contribution in [0.15, 0.2) is 16.6 Å². The van der Waals surface area contributed by atoms with Gasteiger partial charge in [0.15, 0.2) is 5.82 Å². The lowest BCUT2D eigenvalue weighted by molar-refractivity contribution is 0.191. The fourth-order valence-corrected chi connectivity index (χ4v) is 3.24. The Balaban J connectivity index is 2.32. The predicted molar refractivity (Wildman–Crippen MR) is 82.3 cm³/mol. The molecule has 112 valence electrons. The highest BCUT2D eigenvalue weighted by Gasteiger charge is 2.33. The number of rotatable bonds is 4. The predicted octanol–water partition coefficient (Wildman–Crippen LogP) is 1.55. The quantitative estimate of drug-likeness (QED) is 0.869. The summed E-state index contributed by atoms with van der Waals surface area (Å²) in [7, 11) is 3.96. The van der Waals surface area contributed by atoms with Crippen LogP contribution in [0.2, 0.25) is 0 Å². The van der Waals surface area contributed by atoms with Crippen LogP contribution in [0.4, 0.5) is 10.1 Å². The maximum atomic E-state index is 14.5. The standard InChI is InChI=1S/C14H21BrFN3O/c1-18(2)7-10-5-11(20)8-19(10)12-4-3-9(6-17)13(15)14(12)16/h3-4,10-11,20H,5-8,17H2,1-2H3. The van der Waals surface area contributed by atoms with Gasteiger partial charge in [-0.1, -0.05) is 6.07 Å². The van der Waals surface area contributed by atoms with Crippen LogP contribution >= 0.6 is 15.9 Å². The van der Waals surface area contributed by atoms with Gasteiger partial charge in [0.1, 0.15) is 0 Å². The third-order valence-electron chi connectivity index (χ3n) is 3.64. The Bertz CT molecular complexity index is 484. The molecule has 1 saturated heterocycles. The Morgan fingerprint density at radius 3 is 2.80 bits per heavy atom. The van der Waals surface area contributed by atoms with Gasteiger partial charge in [0.2, 0.25) is 0 Å². The molecule has 0 aliphatic carbocycles. The summed E-state index contributed by atoms with van der Waals surface area (Å²) in [6.45, 7) is 1.54. The molecule has 1 aromatic carbocycles. The number of halogens is 2. The maximum Gasteiger partial charge on any atom is 0.160 e. The van der Waals surface area contributed by atoms with Crippen molar-refractivity contribution in [2.24, 2.45) is 5.73 Å². The van der Waals surface area contributed by atoms with Crippen molar-refractivity contribution >= 4 is 21.6 Å². The summed E-state index contributed by atoms with van der Waals surface area (Å²) in [5, 5.41) is 9.89. The second kappa shape index (κ2) is 6.39. The molecule has 1 fully saturated rings. The van der Waals surface area contributed by atoms with Crippen molar-refractivity contribution in [3.63, 3.8) is 0 Å². The van der Waals surface area contributed by atoms with E-state index in [1.54, 1.807) is 6.07 Å². The molecule has 4 nitrogen and oxygen atoms in total. The molecule has 0 spiro atoms. The summed E-state index contributed by atoms with van der Waals surface area (Å²) in [6.07, 6.45) is 0.251. The number of nitrogens with zero attached hydrogens (tertiary/aromatic N) is 2. The van der Waals surface area contributed by atoms with Crippen LogP contribution in [-0.2, 0) is 6.54 Å². The SMILES string of the molecule is CN(C)CC1CC(O)CN1c1ccc(CN)c(Br)c1F. The highest BCUT2D eigenvalue weighted by Crippen LogP contribution is 2.33. The van der Waals surface area contributed by atoms with Gasteiger partial charge in [-0.3, -0.25) is 0 Å². The molecule has 3 N–H and O–H groups in total. The van der Waals surface area contributed by atoms with Crippen LogP contribution in [0.5, 0.6) is 0 Å². The van der Waals surface area contributed by atoms with E-state index in [0.29, 0.717) is 29.7 Å². The molecule has 0 saturated carbocycles. The highest BCUT2D eigenvalue weighted by molar-refractivity contribution is 9.10. The van der Waals surface area contributed by atoms with E-state index in [9.17, 15) is 9.50 Å². The molecule has 2 rings (SSSR count). The van der Waals surface area contributed by atoms with E-state index in [1.807, 2.05) is 25.1 Å². The Kier molecular flexibility index (Phi) is 5.01. The van der Waals surface area contributed by atoms with Crippen LogP contribution < -0.4 is 10.6 Å². The Morgan fingerprint density at radius 1 is 1.50 bits per heavy atom. The first-order valence-corrected chi connectivity index (χ1v) is 7.49. The lowest BCUT2D eigenvalue weighted by Crippen LogP contribution is -2.38. The molecule has 20 heavy (non-hydrogen) atoms. The van der Waals surface area contributed by atoms with Gasteiger partial charge in [-0.05, 0) is 48.1 Å². The number of β-amino-alcohol motifs (C(OH)–C–C–N with tert-alkyl or cyclic N) is 1. The first kappa shape index (κ1) is 15.7. The second-order valence-electron chi connectivity index (χ2n) is 5.53. The first-order valence-electron chi connectivity index (χ1n) is 6.70. The fraction of sp³-hybridized carbons (Fsp3) is 0.571. The molecule has 2 atom stereocenters. The van der Waals surface area contributed by atoms with E-state index in [0.717, 1.165) is 12.1 Å². The molecular weight excluding hydrogens is 325 g/mol. The van der Waals surface area contributed by atoms with Gasteiger partial charge >= 0.3 is 0 Å². The summed E-state index contributed by atoms with van der Waals surface area (Å²) in [5.74, 6) is -0.300. The third-order valence-corrected chi connectivity index (χ3v) is 4.50. The van der Waals surface area contributed by atoms with Crippen LogP contribution in [0.25, 0.3) is 0 Å². The highest BCUT2D eigenvalue weighted by atomic mass is 79.9. The zero-order chi connectivity index (χ0) is 14.9. The number of aliphatic hydroxyl groups excluding tert-OH is 1. The Labute approximate surface area is 127 Å². The molecule has 2 unspecified atom stereocenters. The van der Waals surface area contributed by atoms with Gasteiger partial charge < -0.3 is 20.6 Å². The van der Waals surface area contributed by atoms with E-state index in [4.69, 9.17) is 5.73 Å². The van der Waals surface area contributed by atoms with Gasteiger partial charge in [-0.25, -0.2) is 4.39 Å². The van der Waals surface area contributed by atoms with Gasteiger partial charge in [-0.2, -0.15) is 0 Å². The number of hydrogen-bond donors (Lipinski definition) is 2. The molecule has 0 radical (unpaired) electrons. The van der Waals surface area contributed by atoms with Crippen molar-refractivity contribution < 1.29 is 9.50 Å². The van der Waals surface area contributed by atoms with Gasteiger partial charge in [0.05, 0.1) is 16.3 Å². The fourth-order valence-electron chi connectivity index (χ4n) is 2.74. The zero-order valence-corrected chi connectivity index (χ0v) is 13.4. The minimum absolute atomic E-state index is 0.116. The lowest BCUT2D eigenvalue weighted by Gasteiger charge is -2.29. The summed E-state index contributed by atoms with van der Waals surface area (Å²) < 4.78 is 14.9. The van der Waals surface area contributed by atoms with E-state index in [2.05, 4.69) is 20.8 Å². The van der Waals surface area contributed by atoms with Crippen molar-refractivity contribution in [3.8, 4) is 0 Å². The lowest BCUT2D eigenvalue weighted by atomic mass is 10.1. The van der Waals surface area contributed by atoms with E-state index in [1.165, 1.54) is 0 Å². The van der Waals surface area contributed by atoms with Gasteiger partial charge in [0, 0.05) is 25.7 Å². The molecule has 1 aliphatic rings. The average Bonchev–Trinajstić information content (AvgIpc) is 2.72. The minimum Gasteiger partial charge on any atom is -0.391 e. The zero-order valence-electron chi connectivity index (χ0n) is 11.8. The molecule has 0 aromatic heterocycles. The third kappa shape index (κ3) is 3.14. The number of likely N-dealkylation sites (N-methyl/N-ethyl adjacent to an activating group) is 1. The molecule has 1 aromatic rings. The Morgan fingerprint density at radius 2 is 2.20 bits per heavy atom. The monoisotopic (exact) mass is 345 g/mol. The normalized spacial score (nSPS) is 22.9. The van der Waals surface area contributed by atoms with Gasteiger partial charge in [0.25, 0.3) is 0 Å².